The van der Waals surface area contributed by atoms with Crippen LogP contribution in [-0.4, -0.2) is 27.5 Å². The lowest BCUT2D eigenvalue weighted by Crippen LogP contribution is -2.24. The summed E-state index contributed by atoms with van der Waals surface area (Å²) in [5.74, 6) is 2.04. The van der Waals surface area contributed by atoms with Crippen molar-refractivity contribution in [3.05, 3.63) is 35.9 Å². The molecule has 6 nitrogen and oxygen atoms in total. The molecule has 2 aromatic rings. The first-order valence-electron chi connectivity index (χ1n) is 5.83. The van der Waals surface area contributed by atoms with Gasteiger partial charge < -0.3 is 13.8 Å². The molecule has 0 bridgehead atoms. The van der Waals surface area contributed by atoms with E-state index in [1.54, 1.807) is 18.1 Å². The Bertz CT molecular complexity index is 547. The average molecular weight is 247 g/mol. The summed E-state index contributed by atoms with van der Waals surface area (Å²) in [5, 5.41) is 3.88. The van der Waals surface area contributed by atoms with E-state index in [4.69, 9.17) is 8.94 Å². The first-order valence-corrected chi connectivity index (χ1v) is 5.83. The molecular weight excluding hydrogens is 234 g/mol. The highest BCUT2D eigenvalue weighted by Crippen LogP contribution is 2.27. The third-order valence-corrected chi connectivity index (χ3v) is 3.05. The van der Waals surface area contributed by atoms with Gasteiger partial charge in [0.15, 0.2) is 5.82 Å². The molecule has 1 saturated heterocycles. The third kappa shape index (κ3) is 2.01. The largest absolute Gasteiger partial charge is 0.467 e. The number of carbonyl (C=O) groups excluding carboxylic acids is 1. The lowest BCUT2D eigenvalue weighted by molar-refractivity contribution is -0.128. The molecule has 0 radical (unpaired) electrons. The Morgan fingerprint density at radius 1 is 1.56 bits per heavy atom. The molecule has 18 heavy (non-hydrogen) atoms. The van der Waals surface area contributed by atoms with E-state index in [-0.39, 0.29) is 11.8 Å². The van der Waals surface area contributed by atoms with Crippen LogP contribution >= 0.6 is 0 Å². The van der Waals surface area contributed by atoms with Gasteiger partial charge in [-0.3, -0.25) is 4.79 Å². The standard InChI is InChI=1S/C12H13N3O3/c1-8-13-12(14-18-8)9-5-11(16)15(6-9)7-10-3-2-4-17-10/h2-4,9H,5-7H2,1H3. The molecule has 1 atom stereocenters. The minimum absolute atomic E-state index is 0.0184. The van der Waals surface area contributed by atoms with Crippen LogP contribution in [0.4, 0.5) is 0 Å². The SMILES string of the molecule is Cc1nc(C2CC(=O)N(Cc3ccco3)C2)no1. The Kier molecular flexibility index (Phi) is 2.62. The molecule has 0 N–H and O–H groups in total. The first kappa shape index (κ1) is 11.0. The molecule has 0 aliphatic carbocycles. The number of carbonyl (C=O) groups is 1. The maximum absolute atomic E-state index is 11.9. The molecule has 6 heteroatoms. The fourth-order valence-electron chi connectivity index (χ4n) is 2.17. The van der Waals surface area contributed by atoms with E-state index in [1.807, 2.05) is 12.1 Å². The number of hydrogen-bond acceptors (Lipinski definition) is 5. The number of aromatic nitrogens is 2. The monoisotopic (exact) mass is 247 g/mol. The van der Waals surface area contributed by atoms with Gasteiger partial charge in [0.2, 0.25) is 11.8 Å². The topological polar surface area (TPSA) is 72.4 Å². The van der Waals surface area contributed by atoms with E-state index < -0.39 is 0 Å². The van der Waals surface area contributed by atoms with Crippen LogP contribution in [0.25, 0.3) is 0 Å². The second-order valence-corrected chi connectivity index (χ2v) is 4.43. The lowest BCUT2D eigenvalue weighted by atomic mass is 10.1. The second-order valence-electron chi connectivity index (χ2n) is 4.43. The summed E-state index contributed by atoms with van der Waals surface area (Å²) in [4.78, 5) is 17.8. The van der Waals surface area contributed by atoms with Crippen molar-refractivity contribution >= 4 is 5.91 Å². The van der Waals surface area contributed by atoms with Gasteiger partial charge in [0, 0.05) is 25.8 Å². The van der Waals surface area contributed by atoms with Gasteiger partial charge in [-0.05, 0) is 12.1 Å². The van der Waals surface area contributed by atoms with E-state index in [2.05, 4.69) is 10.1 Å². The van der Waals surface area contributed by atoms with Crippen molar-refractivity contribution < 1.29 is 13.7 Å². The molecular formula is C12H13N3O3. The fourth-order valence-corrected chi connectivity index (χ4v) is 2.17. The lowest BCUT2D eigenvalue weighted by Gasteiger charge is -2.13. The van der Waals surface area contributed by atoms with Crippen molar-refractivity contribution in [1.29, 1.82) is 0 Å². The van der Waals surface area contributed by atoms with Crippen molar-refractivity contribution in [1.82, 2.24) is 15.0 Å². The first-order chi connectivity index (χ1) is 8.72. The number of hydrogen-bond donors (Lipinski definition) is 0. The summed E-state index contributed by atoms with van der Waals surface area (Å²) in [6.07, 6.45) is 2.04. The number of furan rings is 1. The van der Waals surface area contributed by atoms with Gasteiger partial charge in [-0.25, -0.2) is 0 Å². The Morgan fingerprint density at radius 2 is 2.44 bits per heavy atom. The van der Waals surface area contributed by atoms with E-state index in [0.29, 0.717) is 31.2 Å². The molecule has 0 saturated carbocycles. The Labute approximate surface area is 104 Å². The van der Waals surface area contributed by atoms with E-state index in [0.717, 1.165) is 5.76 Å². The number of likely N-dealkylation sites (tertiary alicyclic amines) is 1. The fraction of sp³-hybridized carbons (Fsp3) is 0.417. The van der Waals surface area contributed by atoms with Crippen LogP contribution in [0.2, 0.25) is 0 Å². The van der Waals surface area contributed by atoms with Crippen molar-refractivity contribution in [2.75, 3.05) is 6.54 Å². The molecule has 94 valence electrons. The average Bonchev–Trinajstić information content (AvgIpc) is 3.03. The van der Waals surface area contributed by atoms with Gasteiger partial charge in [-0.1, -0.05) is 5.16 Å². The van der Waals surface area contributed by atoms with E-state index in [1.165, 1.54) is 0 Å². The minimum Gasteiger partial charge on any atom is -0.467 e. The zero-order valence-electron chi connectivity index (χ0n) is 10.00. The summed E-state index contributed by atoms with van der Waals surface area (Å²) >= 11 is 0. The molecule has 3 rings (SSSR count). The third-order valence-electron chi connectivity index (χ3n) is 3.05. The maximum Gasteiger partial charge on any atom is 0.223 e. The number of amides is 1. The van der Waals surface area contributed by atoms with Crippen LogP contribution in [-0.2, 0) is 11.3 Å². The molecule has 1 fully saturated rings. The zero-order valence-corrected chi connectivity index (χ0v) is 10.00. The van der Waals surface area contributed by atoms with Crippen LogP contribution in [0.1, 0.15) is 29.8 Å². The predicted octanol–water partition coefficient (Wildman–Crippen LogP) is 1.49. The summed E-state index contributed by atoms with van der Waals surface area (Å²) in [6.45, 7) is 2.85. The molecule has 3 heterocycles. The summed E-state index contributed by atoms with van der Waals surface area (Å²) in [7, 11) is 0. The smallest absolute Gasteiger partial charge is 0.223 e. The van der Waals surface area contributed by atoms with Crippen molar-refractivity contribution in [2.24, 2.45) is 0 Å². The molecule has 1 amide bonds. The van der Waals surface area contributed by atoms with Crippen LogP contribution in [0.5, 0.6) is 0 Å². The van der Waals surface area contributed by atoms with Crippen LogP contribution < -0.4 is 0 Å². The Hall–Kier alpha value is -2.11. The number of rotatable bonds is 3. The molecule has 1 aliphatic heterocycles. The van der Waals surface area contributed by atoms with Gasteiger partial charge in [0.05, 0.1) is 12.8 Å². The van der Waals surface area contributed by atoms with Crippen LogP contribution in [0, 0.1) is 6.92 Å². The molecule has 0 aromatic carbocycles. The highest BCUT2D eigenvalue weighted by Gasteiger charge is 2.33. The normalized spacial score (nSPS) is 19.7. The second kappa shape index (κ2) is 4.29. The van der Waals surface area contributed by atoms with Gasteiger partial charge in [-0.2, -0.15) is 4.98 Å². The van der Waals surface area contributed by atoms with Crippen molar-refractivity contribution in [2.45, 2.75) is 25.8 Å². The highest BCUT2D eigenvalue weighted by atomic mass is 16.5. The Balaban J connectivity index is 1.70. The number of aryl methyl sites for hydroxylation is 1. The predicted molar refractivity (Wildman–Crippen MR) is 60.5 cm³/mol. The summed E-state index contributed by atoms with van der Waals surface area (Å²) in [6, 6.07) is 3.68. The molecule has 1 aliphatic rings. The van der Waals surface area contributed by atoms with Crippen molar-refractivity contribution in [3.63, 3.8) is 0 Å². The van der Waals surface area contributed by atoms with E-state index >= 15 is 0 Å². The zero-order chi connectivity index (χ0) is 12.5. The molecule has 0 spiro atoms. The molecule has 1 unspecified atom stereocenters. The quantitative estimate of drug-likeness (QED) is 0.821. The van der Waals surface area contributed by atoms with Crippen molar-refractivity contribution in [3.8, 4) is 0 Å². The van der Waals surface area contributed by atoms with Gasteiger partial charge >= 0.3 is 0 Å². The van der Waals surface area contributed by atoms with Gasteiger partial charge in [0.1, 0.15) is 5.76 Å². The van der Waals surface area contributed by atoms with Crippen LogP contribution in [0.3, 0.4) is 0 Å². The maximum atomic E-state index is 11.9. The minimum atomic E-state index is 0.0184. The number of nitrogens with zero attached hydrogens (tertiary/aromatic N) is 3. The van der Waals surface area contributed by atoms with Crippen LogP contribution in [0.15, 0.2) is 27.3 Å². The highest BCUT2D eigenvalue weighted by molar-refractivity contribution is 5.79. The van der Waals surface area contributed by atoms with E-state index in [9.17, 15) is 4.79 Å². The van der Waals surface area contributed by atoms with Gasteiger partial charge in [-0.15, -0.1) is 0 Å². The summed E-state index contributed by atoms with van der Waals surface area (Å²) in [5.41, 5.74) is 0. The van der Waals surface area contributed by atoms with Gasteiger partial charge in [0.25, 0.3) is 0 Å². The summed E-state index contributed by atoms with van der Waals surface area (Å²) < 4.78 is 10.2. The molecule has 2 aromatic heterocycles. The Morgan fingerprint density at radius 3 is 3.11 bits per heavy atom.